The van der Waals surface area contributed by atoms with Gasteiger partial charge in [-0.05, 0) is 48.5 Å². The summed E-state index contributed by atoms with van der Waals surface area (Å²) in [6.45, 7) is 7.50. The van der Waals surface area contributed by atoms with Crippen molar-refractivity contribution in [2.24, 2.45) is 0 Å². The molecule has 0 N–H and O–H groups in total. The summed E-state index contributed by atoms with van der Waals surface area (Å²) in [5.74, 6) is 2.24. The normalized spacial score (nSPS) is 10.9. The van der Waals surface area contributed by atoms with Crippen LogP contribution in [-0.4, -0.2) is 56.1 Å². The molecule has 3 aromatic rings. The third kappa shape index (κ3) is 7.82. The number of Topliss-reactive ketones (excluding diaryl/α,β-unsaturated/α-hetero) is 1. The van der Waals surface area contributed by atoms with Gasteiger partial charge >= 0.3 is 0 Å². The van der Waals surface area contributed by atoms with Crippen molar-refractivity contribution in [2.45, 2.75) is 33.1 Å². The maximum atomic E-state index is 12.5. The Morgan fingerprint density at radius 2 is 1.66 bits per heavy atom. The standard InChI is InChI=1S/C29H36N2O4/c1-5-31(6-2)17-15-25(32)20-23-9-7-10-24(19-23)26-11-8-12-29(30-26)35-18-16-22-13-14-27(33-3)28(21-22)34-4/h7-14,19,21H,5-6,15-18,20H2,1-4H3. The van der Waals surface area contributed by atoms with E-state index < -0.39 is 0 Å². The molecule has 0 bridgehead atoms. The first-order chi connectivity index (χ1) is 17.1. The van der Waals surface area contributed by atoms with E-state index in [4.69, 9.17) is 14.2 Å². The summed E-state index contributed by atoms with van der Waals surface area (Å²) in [5.41, 5.74) is 3.90. The fraction of sp³-hybridized carbons (Fsp3) is 0.379. The number of nitrogens with zero attached hydrogens (tertiary/aromatic N) is 2. The second kappa shape index (κ2) is 13.5. The molecule has 1 heterocycles. The summed E-state index contributed by atoms with van der Waals surface area (Å²) in [6, 6.07) is 19.7. The first kappa shape index (κ1) is 26.2. The summed E-state index contributed by atoms with van der Waals surface area (Å²) < 4.78 is 16.6. The van der Waals surface area contributed by atoms with Gasteiger partial charge in [0.1, 0.15) is 5.78 Å². The first-order valence-corrected chi connectivity index (χ1v) is 12.2. The number of carbonyl (C=O) groups is 1. The molecule has 0 saturated carbocycles. The Morgan fingerprint density at radius 3 is 2.40 bits per heavy atom. The molecule has 0 atom stereocenters. The molecule has 2 aromatic carbocycles. The third-order valence-electron chi connectivity index (χ3n) is 6.04. The summed E-state index contributed by atoms with van der Waals surface area (Å²) in [7, 11) is 3.26. The van der Waals surface area contributed by atoms with Crippen LogP contribution in [-0.2, 0) is 17.6 Å². The molecular formula is C29H36N2O4. The number of ketones is 1. The van der Waals surface area contributed by atoms with E-state index in [2.05, 4.69) is 23.7 Å². The van der Waals surface area contributed by atoms with Gasteiger partial charge in [0.25, 0.3) is 0 Å². The quantitative estimate of drug-likeness (QED) is 0.317. The number of pyridine rings is 1. The minimum atomic E-state index is 0.259. The Hall–Kier alpha value is -3.38. The molecule has 0 amide bonds. The number of hydrogen-bond acceptors (Lipinski definition) is 6. The highest BCUT2D eigenvalue weighted by molar-refractivity contribution is 5.81. The van der Waals surface area contributed by atoms with Crippen LogP contribution in [0.5, 0.6) is 17.4 Å². The number of aromatic nitrogens is 1. The van der Waals surface area contributed by atoms with E-state index in [0.29, 0.717) is 36.8 Å². The van der Waals surface area contributed by atoms with Gasteiger partial charge in [-0.3, -0.25) is 4.79 Å². The van der Waals surface area contributed by atoms with Gasteiger partial charge in [-0.2, -0.15) is 0 Å². The largest absolute Gasteiger partial charge is 0.493 e. The lowest BCUT2D eigenvalue weighted by molar-refractivity contribution is -0.118. The Kier molecular flexibility index (Phi) is 10.1. The summed E-state index contributed by atoms with van der Waals surface area (Å²) in [6.07, 6.45) is 1.74. The lowest BCUT2D eigenvalue weighted by Gasteiger charge is -2.17. The smallest absolute Gasteiger partial charge is 0.213 e. The predicted molar refractivity (Wildman–Crippen MR) is 140 cm³/mol. The lowest BCUT2D eigenvalue weighted by atomic mass is 10.0. The predicted octanol–water partition coefficient (Wildman–Crippen LogP) is 5.23. The van der Waals surface area contributed by atoms with Crippen molar-refractivity contribution in [1.29, 1.82) is 0 Å². The van der Waals surface area contributed by atoms with E-state index in [1.54, 1.807) is 14.2 Å². The average Bonchev–Trinajstić information content (AvgIpc) is 2.89. The zero-order valence-corrected chi connectivity index (χ0v) is 21.3. The van der Waals surface area contributed by atoms with E-state index in [9.17, 15) is 4.79 Å². The van der Waals surface area contributed by atoms with Crippen LogP contribution in [0.1, 0.15) is 31.4 Å². The van der Waals surface area contributed by atoms with E-state index in [1.165, 1.54) is 0 Å². The van der Waals surface area contributed by atoms with Crippen LogP contribution in [0.3, 0.4) is 0 Å². The number of carbonyl (C=O) groups excluding carboxylic acids is 1. The molecule has 0 radical (unpaired) electrons. The molecule has 0 fully saturated rings. The monoisotopic (exact) mass is 476 g/mol. The summed E-state index contributed by atoms with van der Waals surface area (Å²) in [4.78, 5) is 19.4. The minimum Gasteiger partial charge on any atom is -0.493 e. The minimum absolute atomic E-state index is 0.259. The Balaban J connectivity index is 1.59. The molecule has 6 nitrogen and oxygen atoms in total. The van der Waals surface area contributed by atoms with Crippen LogP contribution < -0.4 is 14.2 Å². The van der Waals surface area contributed by atoms with E-state index >= 15 is 0 Å². The van der Waals surface area contributed by atoms with Gasteiger partial charge in [-0.15, -0.1) is 0 Å². The fourth-order valence-electron chi connectivity index (χ4n) is 3.94. The molecule has 0 unspecified atom stereocenters. The number of hydrogen-bond donors (Lipinski definition) is 0. The van der Waals surface area contributed by atoms with Crippen LogP contribution in [0.15, 0.2) is 60.7 Å². The van der Waals surface area contributed by atoms with Crippen molar-refractivity contribution in [3.05, 3.63) is 71.8 Å². The average molecular weight is 477 g/mol. The Morgan fingerprint density at radius 1 is 0.886 bits per heavy atom. The Bertz CT molecular complexity index is 1100. The van der Waals surface area contributed by atoms with Crippen LogP contribution in [0.2, 0.25) is 0 Å². The van der Waals surface area contributed by atoms with Crippen LogP contribution in [0.25, 0.3) is 11.3 Å². The maximum absolute atomic E-state index is 12.5. The molecule has 0 saturated heterocycles. The maximum Gasteiger partial charge on any atom is 0.213 e. The fourth-order valence-corrected chi connectivity index (χ4v) is 3.94. The third-order valence-corrected chi connectivity index (χ3v) is 6.04. The van der Waals surface area contributed by atoms with Crippen molar-refractivity contribution in [1.82, 2.24) is 9.88 Å². The second-order valence-electron chi connectivity index (χ2n) is 8.34. The van der Waals surface area contributed by atoms with Crippen molar-refractivity contribution in [3.63, 3.8) is 0 Å². The van der Waals surface area contributed by atoms with E-state index in [-0.39, 0.29) is 5.78 Å². The van der Waals surface area contributed by atoms with Gasteiger partial charge in [-0.25, -0.2) is 4.98 Å². The molecule has 3 rings (SSSR count). The van der Waals surface area contributed by atoms with Gasteiger partial charge in [0.15, 0.2) is 11.5 Å². The molecule has 0 aliphatic carbocycles. The molecule has 1 aromatic heterocycles. The molecular weight excluding hydrogens is 440 g/mol. The number of methoxy groups -OCH3 is 2. The zero-order chi connectivity index (χ0) is 25.0. The summed E-state index contributed by atoms with van der Waals surface area (Å²) in [5, 5.41) is 0. The highest BCUT2D eigenvalue weighted by Crippen LogP contribution is 2.28. The molecule has 0 aliphatic heterocycles. The highest BCUT2D eigenvalue weighted by Gasteiger charge is 2.09. The molecule has 35 heavy (non-hydrogen) atoms. The molecule has 6 heteroatoms. The van der Waals surface area contributed by atoms with Crippen LogP contribution >= 0.6 is 0 Å². The molecule has 0 aliphatic rings. The van der Waals surface area contributed by atoms with Gasteiger partial charge in [0.05, 0.1) is 26.5 Å². The van der Waals surface area contributed by atoms with Crippen LogP contribution in [0, 0.1) is 0 Å². The van der Waals surface area contributed by atoms with E-state index in [1.807, 2.05) is 60.7 Å². The van der Waals surface area contributed by atoms with Crippen molar-refractivity contribution in [3.8, 4) is 28.6 Å². The zero-order valence-electron chi connectivity index (χ0n) is 21.3. The van der Waals surface area contributed by atoms with Crippen molar-refractivity contribution >= 4 is 5.78 Å². The van der Waals surface area contributed by atoms with Gasteiger partial charge in [0, 0.05) is 37.4 Å². The SMILES string of the molecule is CCN(CC)CCC(=O)Cc1cccc(-c2cccc(OCCc3ccc(OC)c(OC)c3)n2)c1. The van der Waals surface area contributed by atoms with Crippen LogP contribution in [0.4, 0.5) is 0 Å². The van der Waals surface area contributed by atoms with E-state index in [0.717, 1.165) is 48.4 Å². The molecule has 0 spiro atoms. The number of ether oxygens (including phenoxy) is 3. The van der Waals surface area contributed by atoms with Gasteiger partial charge < -0.3 is 19.1 Å². The number of rotatable bonds is 14. The first-order valence-electron chi connectivity index (χ1n) is 12.2. The lowest BCUT2D eigenvalue weighted by Crippen LogP contribution is -2.26. The summed E-state index contributed by atoms with van der Waals surface area (Å²) >= 11 is 0. The second-order valence-corrected chi connectivity index (χ2v) is 8.34. The topological polar surface area (TPSA) is 60.9 Å². The van der Waals surface area contributed by atoms with Crippen molar-refractivity contribution in [2.75, 3.05) is 40.5 Å². The Labute approximate surface area is 208 Å². The number of benzene rings is 2. The van der Waals surface area contributed by atoms with Gasteiger partial charge in [-0.1, -0.05) is 44.2 Å². The highest BCUT2D eigenvalue weighted by atomic mass is 16.5. The van der Waals surface area contributed by atoms with Gasteiger partial charge in [0.2, 0.25) is 5.88 Å². The van der Waals surface area contributed by atoms with Crippen molar-refractivity contribution < 1.29 is 19.0 Å². The molecule has 186 valence electrons.